The molecule has 1 aliphatic rings. The lowest BCUT2D eigenvalue weighted by atomic mass is 9.95. The molecule has 5 N–H and O–H groups in total. The molecule has 0 radical (unpaired) electrons. The first-order valence-corrected chi connectivity index (χ1v) is 6.18. The number of aromatic nitrogens is 4. The molecule has 21 heavy (non-hydrogen) atoms. The van der Waals surface area contributed by atoms with Crippen LogP contribution < -0.4 is 5.73 Å². The number of imidazole rings is 1. The normalized spacial score (nSPS) is 32.9. The zero-order valence-electron chi connectivity index (χ0n) is 10.8. The van der Waals surface area contributed by atoms with Gasteiger partial charge in [0.1, 0.15) is 30.7 Å². The summed E-state index contributed by atoms with van der Waals surface area (Å²) >= 11 is 0. The molecule has 1 fully saturated rings. The van der Waals surface area contributed by atoms with E-state index in [0.29, 0.717) is 0 Å². The first-order chi connectivity index (χ1) is 10.0. The van der Waals surface area contributed by atoms with Crippen molar-refractivity contribution in [3.8, 4) is 0 Å². The van der Waals surface area contributed by atoms with Gasteiger partial charge in [0.05, 0.1) is 12.9 Å². The number of fused-ring (bicyclic) bond motifs is 1. The van der Waals surface area contributed by atoms with E-state index in [0.717, 1.165) is 0 Å². The standard InChI is InChI=1S/C11H14FN5O4/c12-2-11(20)7(19)5(1-18)21-10(11)17-4-16-6-8(13)14-3-15-9(6)17/h3-5,7,10,18-20H,1-2H2,(H2,13,14,15)/t5-,7-,10-,11-/m1/s1. The molecule has 1 aliphatic heterocycles. The number of alkyl halides is 1. The first kappa shape index (κ1) is 14.1. The van der Waals surface area contributed by atoms with Gasteiger partial charge in [0, 0.05) is 0 Å². The summed E-state index contributed by atoms with van der Waals surface area (Å²) in [6.45, 7) is -1.83. The number of nitrogen functional groups attached to an aromatic ring is 1. The third-order valence-corrected chi connectivity index (χ3v) is 3.63. The van der Waals surface area contributed by atoms with Gasteiger partial charge in [-0.1, -0.05) is 0 Å². The van der Waals surface area contributed by atoms with Crippen molar-refractivity contribution in [1.29, 1.82) is 0 Å². The Balaban J connectivity index is 2.11. The van der Waals surface area contributed by atoms with Crippen molar-refractivity contribution in [3.05, 3.63) is 12.7 Å². The predicted molar refractivity (Wildman–Crippen MR) is 67.7 cm³/mol. The molecule has 3 heterocycles. The number of nitrogens with two attached hydrogens (primary N) is 1. The molecule has 2 aromatic heterocycles. The Labute approximate surface area is 117 Å². The number of hydrogen-bond acceptors (Lipinski definition) is 8. The van der Waals surface area contributed by atoms with E-state index in [4.69, 9.17) is 15.6 Å². The highest BCUT2D eigenvalue weighted by molar-refractivity contribution is 5.81. The molecule has 0 amide bonds. The molecule has 1 saturated heterocycles. The highest BCUT2D eigenvalue weighted by atomic mass is 19.1. The fourth-order valence-electron chi connectivity index (χ4n) is 2.46. The van der Waals surface area contributed by atoms with Crippen molar-refractivity contribution in [2.75, 3.05) is 19.0 Å². The van der Waals surface area contributed by atoms with Crippen molar-refractivity contribution < 1.29 is 24.4 Å². The van der Waals surface area contributed by atoms with Crippen molar-refractivity contribution in [2.24, 2.45) is 0 Å². The van der Waals surface area contributed by atoms with Gasteiger partial charge in [-0.3, -0.25) is 4.57 Å². The number of anilines is 1. The van der Waals surface area contributed by atoms with Gasteiger partial charge >= 0.3 is 0 Å². The lowest BCUT2D eigenvalue weighted by Gasteiger charge is -2.28. The number of halogens is 1. The van der Waals surface area contributed by atoms with Gasteiger partial charge in [-0.2, -0.15) is 0 Å². The summed E-state index contributed by atoms with van der Waals surface area (Å²) in [6, 6.07) is 0. The van der Waals surface area contributed by atoms with Crippen molar-refractivity contribution in [3.63, 3.8) is 0 Å². The maximum Gasteiger partial charge on any atom is 0.171 e. The predicted octanol–water partition coefficient (Wildman–Crippen LogP) is -1.64. The Morgan fingerprint density at radius 3 is 2.86 bits per heavy atom. The van der Waals surface area contributed by atoms with E-state index in [1.165, 1.54) is 17.2 Å². The van der Waals surface area contributed by atoms with Crippen LogP contribution in [0, 0.1) is 0 Å². The molecule has 3 rings (SSSR count). The maximum atomic E-state index is 13.3. The lowest BCUT2D eigenvalue weighted by Crippen LogP contribution is -2.48. The number of ether oxygens (including phenoxy) is 1. The summed E-state index contributed by atoms with van der Waals surface area (Å²) in [4.78, 5) is 11.7. The molecule has 0 saturated carbocycles. The van der Waals surface area contributed by atoms with Gasteiger partial charge in [0.2, 0.25) is 0 Å². The molecule has 114 valence electrons. The second-order valence-corrected chi connectivity index (χ2v) is 4.86. The minimum Gasteiger partial charge on any atom is -0.394 e. The number of aliphatic hydroxyl groups is 3. The lowest BCUT2D eigenvalue weighted by molar-refractivity contribution is -0.118. The molecular weight excluding hydrogens is 285 g/mol. The molecule has 0 bridgehead atoms. The van der Waals surface area contributed by atoms with Crippen LogP contribution in [0.5, 0.6) is 0 Å². The van der Waals surface area contributed by atoms with E-state index in [2.05, 4.69) is 15.0 Å². The van der Waals surface area contributed by atoms with Gasteiger partial charge in [-0.15, -0.1) is 0 Å². The number of rotatable bonds is 3. The van der Waals surface area contributed by atoms with Crippen LogP contribution in [0.3, 0.4) is 0 Å². The third kappa shape index (κ3) is 1.87. The van der Waals surface area contributed by atoms with Crippen LogP contribution in [0.2, 0.25) is 0 Å². The summed E-state index contributed by atoms with van der Waals surface area (Å²) in [5, 5.41) is 29.4. The first-order valence-electron chi connectivity index (χ1n) is 6.18. The smallest absolute Gasteiger partial charge is 0.171 e. The summed E-state index contributed by atoms with van der Waals surface area (Å²) in [7, 11) is 0. The van der Waals surface area contributed by atoms with Crippen LogP contribution in [0.25, 0.3) is 11.2 Å². The van der Waals surface area contributed by atoms with Gasteiger partial charge in [-0.25, -0.2) is 19.3 Å². The Morgan fingerprint density at radius 2 is 2.19 bits per heavy atom. The summed E-state index contributed by atoms with van der Waals surface area (Å²) in [5.41, 5.74) is 3.93. The van der Waals surface area contributed by atoms with Crippen LogP contribution in [0.1, 0.15) is 6.23 Å². The van der Waals surface area contributed by atoms with Gasteiger partial charge in [-0.05, 0) is 0 Å². The van der Waals surface area contributed by atoms with Crippen LogP contribution in [0.4, 0.5) is 10.2 Å². The molecule has 10 heteroatoms. The van der Waals surface area contributed by atoms with E-state index in [1.54, 1.807) is 0 Å². The van der Waals surface area contributed by atoms with Gasteiger partial charge < -0.3 is 25.8 Å². The van der Waals surface area contributed by atoms with Crippen molar-refractivity contribution in [1.82, 2.24) is 19.5 Å². The van der Waals surface area contributed by atoms with Crippen LogP contribution in [-0.2, 0) is 4.74 Å². The zero-order chi connectivity index (χ0) is 15.2. The second kappa shape index (κ2) is 4.84. The zero-order valence-corrected chi connectivity index (χ0v) is 10.8. The van der Waals surface area contributed by atoms with Crippen LogP contribution in [0.15, 0.2) is 12.7 Å². The topological polar surface area (TPSA) is 140 Å². The number of nitrogens with zero attached hydrogens (tertiary/aromatic N) is 4. The fourth-order valence-corrected chi connectivity index (χ4v) is 2.46. The van der Waals surface area contributed by atoms with Crippen molar-refractivity contribution in [2.45, 2.75) is 24.0 Å². The molecule has 0 spiro atoms. The molecule has 0 aromatic carbocycles. The number of aliphatic hydroxyl groups excluding tert-OH is 2. The van der Waals surface area contributed by atoms with Crippen LogP contribution in [-0.4, -0.2) is 65.9 Å². The Hall–Kier alpha value is -1.88. The largest absolute Gasteiger partial charge is 0.394 e. The summed E-state index contributed by atoms with van der Waals surface area (Å²) < 4.78 is 19.9. The number of hydrogen-bond donors (Lipinski definition) is 4. The third-order valence-electron chi connectivity index (χ3n) is 3.63. The van der Waals surface area contributed by atoms with E-state index in [9.17, 15) is 14.6 Å². The van der Waals surface area contributed by atoms with E-state index >= 15 is 0 Å². The van der Waals surface area contributed by atoms with Crippen LogP contribution >= 0.6 is 0 Å². The van der Waals surface area contributed by atoms with E-state index < -0.39 is 37.3 Å². The van der Waals surface area contributed by atoms with Gasteiger partial charge in [0.25, 0.3) is 0 Å². The van der Waals surface area contributed by atoms with E-state index in [-0.39, 0.29) is 17.0 Å². The molecule has 4 atom stereocenters. The van der Waals surface area contributed by atoms with Crippen molar-refractivity contribution >= 4 is 17.0 Å². The second-order valence-electron chi connectivity index (χ2n) is 4.86. The quantitative estimate of drug-likeness (QED) is 0.529. The Bertz CT molecular complexity index is 667. The molecule has 9 nitrogen and oxygen atoms in total. The highest BCUT2D eigenvalue weighted by Crippen LogP contribution is 2.40. The SMILES string of the molecule is Nc1ncnc2c1ncn2[C@@H]1O[C@H](CO)[C@@H](O)[C@]1(O)CF. The fraction of sp³-hybridized carbons (Fsp3) is 0.545. The minimum atomic E-state index is -2.22. The summed E-state index contributed by atoms with van der Waals surface area (Å²) in [6.07, 6.45) is -1.55. The monoisotopic (exact) mass is 299 g/mol. The minimum absolute atomic E-state index is 0.125. The molecule has 0 aliphatic carbocycles. The van der Waals surface area contributed by atoms with Gasteiger partial charge in [0.15, 0.2) is 23.3 Å². The highest BCUT2D eigenvalue weighted by Gasteiger charge is 2.56. The molecule has 2 aromatic rings. The van der Waals surface area contributed by atoms with E-state index in [1.807, 2.05) is 0 Å². The Kier molecular flexibility index (Phi) is 3.24. The molecule has 0 unspecified atom stereocenters. The average molecular weight is 299 g/mol. The molecular formula is C11H14FN5O4. The average Bonchev–Trinajstić information content (AvgIpc) is 3.01. The Morgan fingerprint density at radius 1 is 1.43 bits per heavy atom. The summed E-state index contributed by atoms with van der Waals surface area (Å²) in [5.74, 6) is 0.125. The maximum absolute atomic E-state index is 13.3.